The molecule has 0 aliphatic carbocycles. The summed E-state index contributed by atoms with van der Waals surface area (Å²) < 4.78 is 60.3. The number of nitriles is 1. The Hall–Kier alpha value is -1.82. The second kappa shape index (κ2) is 4.94. The summed E-state index contributed by atoms with van der Waals surface area (Å²) in [4.78, 5) is 3.37. The van der Waals surface area contributed by atoms with Gasteiger partial charge in [0.15, 0.2) is 9.84 Å². The number of nitrogens with one attached hydrogen (secondary N) is 1. The van der Waals surface area contributed by atoms with E-state index in [1.54, 1.807) is 6.07 Å². The van der Waals surface area contributed by atoms with Crippen LogP contribution in [-0.2, 0) is 16.0 Å². The largest absolute Gasteiger partial charge is 0.433 e. The van der Waals surface area contributed by atoms with Crippen LogP contribution in [0.15, 0.2) is 12.1 Å². The van der Waals surface area contributed by atoms with E-state index in [4.69, 9.17) is 5.26 Å². The van der Waals surface area contributed by atoms with Gasteiger partial charge in [-0.05, 0) is 18.6 Å². The Labute approximate surface area is 113 Å². The third kappa shape index (κ3) is 3.19. The Morgan fingerprint density at radius 1 is 1.40 bits per heavy atom. The fourth-order valence-electron chi connectivity index (χ4n) is 1.92. The number of sulfone groups is 1. The van der Waals surface area contributed by atoms with Crippen LogP contribution in [0.5, 0.6) is 0 Å². The van der Waals surface area contributed by atoms with E-state index in [0.717, 1.165) is 12.1 Å². The van der Waals surface area contributed by atoms with Crippen molar-refractivity contribution in [3.63, 3.8) is 0 Å². The molecule has 2 rings (SSSR count). The zero-order valence-electron chi connectivity index (χ0n) is 10.1. The van der Waals surface area contributed by atoms with Crippen LogP contribution in [0.2, 0.25) is 0 Å². The summed E-state index contributed by atoms with van der Waals surface area (Å²) in [6.45, 7) is 0. The first-order valence-corrected chi connectivity index (χ1v) is 7.49. The minimum absolute atomic E-state index is 0.0223. The fourth-order valence-corrected chi connectivity index (χ4v) is 3.59. The number of hydrogen-bond acceptors (Lipinski definition) is 5. The molecule has 0 bridgehead atoms. The molecule has 0 radical (unpaired) electrons. The first-order valence-electron chi connectivity index (χ1n) is 5.66. The fraction of sp³-hybridized carbons (Fsp3) is 0.455. The number of nitrogens with zero attached hydrogens (tertiary/aromatic N) is 2. The van der Waals surface area contributed by atoms with Gasteiger partial charge in [0.2, 0.25) is 0 Å². The SMILES string of the molecule is N#Cc1ccc(C(F)(F)F)nc1NC1CCS(=O)(=O)C1. The number of pyridine rings is 1. The van der Waals surface area contributed by atoms with E-state index in [-0.39, 0.29) is 29.3 Å². The predicted octanol–water partition coefficient (Wildman–Crippen LogP) is 1.57. The molecule has 108 valence electrons. The molecule has 9 heteroatoms. The van der Waals surface area contributed by atoms with Gasteiger partial charge in [-0.15, -0.1) is 0 Å². The summed E-state index contributed by atoms with van der Waals surface area (Å²) in [6.07, 6.45) is -4.34. The molecule has 20 heavy (non-hydrogen) atoms. The zero-order valence-corrected chi connectivity index (χ0v) is 10.9. The molecule has 1 aromatic rings. The third-order valence-corrected chi connectivity index (χ3v) is 4.65. The molecule has 1 aliphatic heterocycles. The summed E-state index contributed by atoms with van der Waals surface area (Å²) >= 11 is 0. The minimum atomic E-state index is -4.62. The first-order chi connectivity index (χ1) is 9.21. The number of halogens is 3. The van der Waals surface area contributed by atoms with Crippen molar-refractivity contribution in [2.75, 3.05) is 16.8 Å². The van der Waals surface area contributed by atoms with Crippen LogP contribution in [0.1, 0.15) is 17.7 Å². The van der Waals surface area contributed by atoms with Crippen molar-refractivity contribution in [1.82, 2.24) is 4.98 Å². The van der Waals surface area contributed by atoms with E-state index in [0.29, 0.717) is 0 Å². The molecule has 1 N–H and O–H groups in total. The maximum Gasteiger partial charge on any atom is 0.433 e. The maximum absolute atomic E-state index is 12.6. The molecule has 2 heterocycles. The lowest BCUT2D eigenvalue weighted by Crippen LogP contribution is -2.23. The molecule has 1 unspecified atom stereocenters. The lowest BCUT2D eigenvalue weighted by Gasteiger charge is -2.14. The van der Waals surface area contributed by atoms with Gasteiger partial charge in [0, 0.05) is 6.04 Å². The molecule has 0 saturated carbocycles. The van der Waals surface area contributed by atoms with Gasteiger partial charge in [0.25, 0.3) is 0 Å². The van der Waals surface area contributed by atoms with Crippen molar-refractivity contribution in [3.05, 3.63) is 23.4 Å². The highest BCUT2D eigenvalue weighted by molar-refractivity contribution is 7.91. The molecule has 1 fully saturated rings. The Balaban J connectivity index is 2.29. The van der Waals surface area contributed by atoms with Crippen LogP contribution < -0.4 is 5.32 Å². The molecule has 0 amide bonds. The normalized spacial score (nSPS) is 21.4. The number of alkyl halides is 3. The Kier molecular flexibility index (Phi) is 3.60. The average Bonchev–Trinajstić information content (AvgIpc) is 2.67. The lowest BCUT2D eigenvalue weighted by atomic mass is 10.2. The van der Waals surface area contributed by atoms with Gasteiger partial charge in [0.05, 0.1) is 17.1 Å². The molecule has 1 aliphatic rings. The summed E-state index contributed by atoms with van der Waals surface area (Å²) in [5, 5.41) is 11.5. The third-order valence-electron chi connectivity index (χ3n) is 2.88. The molecule has 0 spiro atoms. The monoisotopic (exact) mass is 305 g/mol. The number of anilines is 1. The summed E-state index contributed by atoms with van der Waals surface area (Å²) in [5.74, 6) is -0.425. The van der Waals surface area contributed by atoms with Gasteiger partial charge >= 0.3 is 6.18 Å². The maximum atomic E-state index is 12.6. The Morgan fingerprint density at radius 2 is 2.10 bits per heavy atom. The van der Waals surface area contributed by atoms with E-state index < -0.39 is 27.7 Å². The molecule has 5 nitrogen and oxygen atoms in total. The van der Waals surface area contributed by atoms with Crippen molar-refractivity contribution in [2.24, 2.45) is 0 Å². The van der Waals surface area contributed by atoms with Crippen molar-refractivity contribution in [3.8, 4) is 6.07 Å². The topological polar surface area (TPSA) is 82.8 Å². The van der Waals surface area contributed by atoms with Gasteiger partial charge < -0.3 is 5.32 Å². The van der Waals surface area contributed by atoms with Crippen LogP contribution in [-0.4, -0.2) is 30.9 Å². The van der Waals surface area contributed by atoms with Gasteiger partial charge in [0.1, 0.15) is 17.6 Å². The van der Waals surface area contributed by atoms with Crippen LogP contribution in [0, 0.1) is 11.3 Å². The number of aromatic nitrogens is 1. The Morgan fingerprint density at radius 3 is 2.60 bits per heavy atom. The first kappa shape index (κ1) is 14.6. The molecule has 0 aromatic carbocycles. The number of rotatable bonds is 2. The second-order valence-electron chi connectivity index (χ2n) is 4.45. The second-order valence-corrected chi connectivity index (χ2v) is 6.68. The summed E-state index contributed by atoms with van der Waals surface area (Å²) in [7, 11) is -3.17. The van der Waals surface area contributed by atoms with E-state index in [1.165, 1.54) is 0 Å². The van der Waals surface area contributed by atoms with Crippen LogP contribution in [0.25, 0.3) is 0 Å². The van der Waals surface area contributed by atoms with Crippen LogP contribution in [0.4, 0.5) is 19.0 Å². The van der Waals surface area contributed by atoms with Crippen molar-refractivity contribution < 1.29 is 21.6 Å². The van der Waals surface area contributed by atoms with Gasteiger partial charge in [-0.2, -0.15) is 18.4 Å². The lowest BCUT2D eigenvalue weighted by molar-refractivity contribution is -0.141. The minimum Gasteiger partial charge on any atom is -0.365 e. The van der Waals surface area contributed by atoms with Gasteiger partial charge in [-0.3, -0.25) is 0 Å². The van der Waals surface area contributed by atoms with E-state index in [2.05, 4.69) is 10.3 Å². The molecule has 1 aromatic heterocycles. The van der Waals surface area contributed by atoms with Crippen molar-refractivity contribution in [2.45, 2.75) is 18.6 Å². The molecular weight excluding hydrogens is 295 g/mol. The molecule has 1 saturated heterocycles. The molecule has 1 atom stereocenters. The number of hydrogen-bond donors (Lipinski definition) is 1. The zero-order chi connectivity index (χ0) is 15.0. The highest BCUT2D eigenvalue weighted by Crippen LogP contribution is 2.30. The van der Waals surface area contributed by atoms with E-state index in [9.17, 15) is 21.6 Å². The van der Waals surface area contributed by atoms with Crippen LogP contribution >= 0.6 is 0 Å². The van der Waals surface area contributed by atoms with Gasteiger partial charge in [-0.1, -0.05) is 0 Å². The smallest absolute Gasteiger partial charge is 0.365 e. The average molecular weight is 305 g/mol. The van der Waals surface area contributed by atoms with Crippen LogP contribution in [0.3, 0.4) is 0 Å². The van der Waals surface area contributed by atoms with E-state index in [1.807, 2.05) is 0 Å². The molecular formula is C11H10F3N3O2S. The predicted molar refractivity (Wildman–Crippen MR) is 64.6 cm³/mol. The standard InChI is InChI=1S/C11H10F3N3O2S/c12-11(13,14)9-2-1-7(5-15)10(17-9)16-8-3-4-20(18,19)6-8/h1-2,8H,3-4,6H2,(H,16,17). The Bertz CT molecular complexity index is 664. The van der Waals surface area contributed by atoms with Gasteiger partial charge in [-0.25, -0.2) is 13.4 Å². The quantitative estimate of drug-likeness (QED) is 0.896. The highest BCUT2D eigenvalue weighted by Gasteiger charge is 2.34. The highest BCUT2D eigenvalue weighted by atomic mass is 32.2. The van der Waals surface area contributed by atoms with Crippen molar-refractivity contribution in [1.29, 1.82) is 5.26 Å². The summed E-state index contributed by atoms with van der Waals surface area (Å²) in [6, 6.07) is 2.94. The van der Waals surface area contributed by atoms with E-state index >= 15 is 0 Å². The van der Waals surface area contributed by atoms with Crippen molar-refractivity contribution >= 4 is 15.7 Å². The summed E-state index contributed by atoms with van der Waals surface area (Å²) in [5.41, 5.74) is -1.18.